The number of rotatable bonds is 4. The number of carbonyl (C=O) groups is 1. The molecule has 1 aromatic carbocycles. The lowest BCUT2D eigenvalue weighted by Crippen LogP contribution is -2.28. The van der Waals surface area contributed by atoms with Gasteiger partial charge in [-0.1, -0.05) is 42.2 Å². The maximum atomic E-state index is 13.9. The predicted molar refractivity (Wildman–Crippen MR) is 96.6 cm³/mol. The van der Waals surface area contributed by atoms with E-state index in [4.69, 9.17) is 16.6 Å². The fourth-order valence-corrected chi connectivity index (χ4v) is 3.32. The van der Waals surface area contributed by atoms with Gasteiger partial charge in [0.15, 0.2) is 4.32 Å². The number of furan rings is 1. The van der Waals surface area contributed by atoms with Crippen LogP contribution in [0.5, 0.6) is 0 Å². The minimum Gasteiger partial charge on any atom is -0.401 e. The van der Waals surface area contributed by atoms with Crippen molar-refractivity contribution in [2.45, 2.75) is 0 Å². The van der Waals surface area contributed by atoms with Gasteiger partial charge in [-0.25, -0.2) is 4.39 Å². The molecule has 0 N–H and O–H groups in total. The number of amides is 1. The highest BCUT2D eigenvalue weighted by molar-refractivity contribution is 8.27. The Morgan fingerprint density at radius 1 is 1.28 bits per heavy atom. The van der Waals surface area contributed by atoms with Crippen LogP contribution in [-0.2, 0) is 4.79 Å². The van der Waals surface area contributed by atoms with E-state index in [9.17, 15) is 19.3 Å². The number of nitro groups is 1. The quantitative estimate of drug-likeness (QED) is 0.343. The van der Waals surface area contributed by atoms with Crippen LogP contribution in [0.15, 0.2) is 57.9 Å². The fourth-order valence-electron chi connectivity index (χ4n) is 2.08. The first kappa shape index (κ1) is 17.1. The Morgan fingerprint density at radius 3 is 2.72 bits per heavy atom. The summed E-state index contributed by atoms with van der Waals surface area (Å²) in [6.45, 7) is 0. The zero-order chi connectivity index (χ0) is 18.0. The third-order valence-electron chi connectivity index (χ3n) is 3.19. The van der Waals surface area contributed by atoms with Gasteiger partial charge in [0.2, 0.25) is 0 Å². The van der Waals surface area contributed by atoms with Crippen LogP contribution in [0.1, 0.15) is 5.76 Å². The number of thiocarbonyl (C=S) groups is 1. The Balaban J connectivity index is 1.79. The standard InChI is InChI=1S/C16H9FN2O4S2/c17-11-5-1-2-6-12(11)18-15(20)13(25-16(18)24)7-3-4-10-8-9-14(23-10)19(21)22/h1-9H/b4-3+,13-7+. The number of anilines is 1. The Hall–Kier alpha value is -2.78. The normalized spacial score (nSPS) is 16.4. The monoisotopic (exact) mass is 376 g/mol. The first-order chi connectivity index (χ1) is 12.0. The molecular formula is C16H9FN2O4S2. The lowest BCUT2D eigenvalue weighted by Gasteiger charge is -2.14. The van der Waals surface area contributed by atoms with Crippen LogP contribution < -0.4 is 4.90 Å². The molecule has 1 saturated heterocycles. The van der Waals surface area contributed by atoms with Crippen LogP contribution in [0.25, 0.3) is 6.08 Å². The van der Waals surface area contributed by atoms with E-state index in [0.717, 1.165) is 16.7 Å². The summed E-state index contributed by atoms with van der Waals surface area (Å²) in [5, 5.41) is 10.6. The van der Waals surface area contributed by atoms with Crippen LogP contribution in [-0.4, -0.2) is 15.2 Å². The number of halogens is 1. The summed E-state index contributed by atoms with van der Waals surface area (Å²) in [7, 11) is 0. The average Bonchev–Trinajstić information content (AvgIpc) is 3.14. The molecule has 6 nitrogen and oxygen atoms in total. The zero-order valence-corrected chi connectivity index (χ0v) is 14.1. The van der Waals surface area contributed by atoms with Crippen molar-refractivity contribution in [2.75, 3.05) is 4.90 Å². The van der Waals surface area contributed by atoms with Crippen LogP contribution in [0.3, 0.4) is 0 Å². The summed E-state index contributed by atoms with van der Waals surface area (Å²) in [6.07, 6.45) is 4.48. The molecular weight excluding hydrogens is 367 g/mol. The molecule has 25 heavy (non-hydrogen) atoms. The molecule has 0 spiro atoms. The van der Waals surface area contributed by atoms with E-state index in [-0.39, 0.29) is 21.7 Å². The van der Waals surface area contributed by atoms with Gasteiger partial charge in [0.25, 0.3) is 5.91 Å². The second-order valence-corrected chi connectivity index (χ2v) is 6.46. The van der Waals surface area contributed by atoms with Crippen molar-refractivity contribution in [3.63, 3.8) is 0 Å². The van der Waals surface area contributed by atoms with E-state index in [1.807, 2.05) is 0 Å². The second-order valence-electron chi connectivity index (χ2n) is 4.78. The SMILES string of the molecule is O=C1/C(=C\C=C\c2ccc([N+](=O)[O-])o2)SC(=S)N1c1ccccc1F. The van der Waals surface area contributed by atoms with Gasteiger partial charge in [-0.05, 0) is 30.4 Å². The average molecular weight is 376 g/mol. The first-order valence-electron chi connectivity index (χ1n) is 6.91. The van der Waals surface area contributed by atoms with Crippen LogP contribution in [0.2, 0.25) is 0 Å². The molecule has 1 aliphatic rings. The third-order valence-corrected chi connectivity index (χ3v) is 4.51. The van der Waals surface area contributed by atoms with Crippen molar-refractivity contribution in [2.24, 2.45) is 0 Å². The van der Waals surface area contributed by atoms with Gasteiger partial charge in [0.05, 0.1) is 16.7 Å². The number of hydrogen-bond donors (Lipinski definition) is 0. The molecule has 9 heteroatoms. The molecule has 0 bridgehead atoms. The summed E-state index contributed by atoms with van der Waals surface area (Å²) in [6, 6.07) is 8.54. The van der Waals surface area contributed by atoms with E-state index in [0.29, 0.717) is 4.91 Å². The zero-order valence-electron chi connectivity index (χ0n) is 12.4. The maximum absolute atomic E-state index is 13.9. The van der Waals surface area contributed by atoms with Crippen molar-refractivity contribution in [3.8, 4) is 0 Å². The number of allylic oxidation sites excluding steroid dienone is 2. The Morgan fingerprint density at radius 2 is 2.04 bits per heavy atom. The minimum atomic E-state index is -0.642. The first-order valence-corrected chi connectivity index (χ1v) is 8.13. The lowest BCUT2D eigenvalue weighted by atomic mass is 10.2. The summed E-state index contributed by atoms with van der Waals surface area (Å²) in [4.78, 5) is 23.8. The summed E-state index contributed by atoms with van der Waals surface area (Å²) < 4.78 is 19.1. The molecule has 0 aliphatic carbocycles. The largest absolute Gasteiger partial charge is 0.433 e. The molecule has 0 unspecified atom stereocenters. The number of thioether (sulfide) groups is 1. The number of hydrogen-bond acceptors (Lipinski definition) is 6. The Kier molecular flexibility index (Phi) is 4.77. The van der Waals surface area contributed by atoms with E-state index >= 15 is 0 Å². The van der Waals surface area contributed by atoms with E-state index in [1.54, 1.807) is 6.07 Å². The highest BCUT2D eigenvalue weighted by Gasteiger charge is 2.34. The maximum Gasteiger partial charge on any atom is 0.433 e. The van der Waals surface area contributed by atoms with Crippen LogP contribution in [0.4, 0.5) is 16.0 Å². The molecule has 0 saturated carbocycles. The smallest absolute Gasteiger partial charge is 0.401 e. The van der Waals surface area contributed by atoms with Gasteiger partial charge in [-0.3, -0.25) is 19.8 Å². The fraction of sp³-hybridized carbons (Fsp3) is 0. The Bertz CT molecular complexity index is 936. The van der Waals surface area contributed by atoms with Crippen molar-refractivity contribution >= 4 is 51.9 Å². The highest BCUT2D eigenvalue weighted by atomic mass is 32.2. The number of nitrogens with zero attached hydrogens (tertiary/aromatic N) is 2. The predicted octanol–water partition coefficient (Wildman–Crippen LogP) is 4.29. The summed E-state index contributed by atoms with van der Waals surface area (Å²) >= 11 is 6.20. The van der Waals surface area contributed by atoms with Crippen molar-refractivity contribution in [3.05, 3.63) is 75.1 Å². The van der Waals surface area contributed by atoms with E-state index < -0.39 is 16.6 Å². The molecule has 0 atom stereocenters. The third kappa shape index (κ3) is 3.52. The molecule has 3 rings (SSSR count). The Labute approximate surface area is 150 Å². The molecule has 1 amide bonds. The van der Waals surface area contributed by atoms with Crippen molar-refractivity contribution in [1.29, 1.82) is 0 Å². The van der Waals surface area contributed by atoms with Gasteiger partial charge >= 0.3 is 5.88 Å². The van der Waals surface area contributed by atoms with Gasteiger partial charge < -0.3 is 4.42 Å². The highest BCUT2D eigenvalue weighted by Crippen LogP contribution is 2.35. The van der Waals surface area contributed by atoms with Gasteiger partial charge in [0.1, 0.15) is 16.5 Å². The van der Waals surface area contributed by atoms with Crippen molar-refractivity contribution in [1.82, 2.24) is 0 Å². The second kappa shape index (κ2) is 6.99. The van der Waals surface area contributed by atoms with E-state index in [2.05, 4.69) is 0 Å². The minimum absolute atomic E-state index is 0.0963. The lowest BCUT2D eigenvalue weighted by molar-refractivity contribution is -0.402. The molecule has 1 aliphatic heterocycles. The topological polar surface area (TPSA) is 76.6 Å². The summed E-state index contributed by atoms with van der Waals surface area (Å²) in [5.74, 6) is -1.08. The van der Waals surface area contributed by atoms with Crippen molar-refractivity contribution < 1.29 is 18.5 Å². The molecule has 2 heterocycles. The molecule has 1 aromatic heterocycles. The van der Waals surface area contributed by atoms with Crippen LogP contribution in [0, 0.1) is 15.9 Å². The molecule has 2 aromatic rings. The number of para-hydroxylation sites is 1. The number of benzene rings is 1. The van der Waals surface area contributed by atoms with Gasteiger partial charge in [0, 0.05) is 0 Å². The van der Waals surface area contributed by atoms with Gasteiger partial charge in [-0.15, -0.1) is 0 Å². The summed E-state index contributed by atoms with van der Waals surface area (Å²) in [5.41, 5.74) is 0.0963. The molecule has 1 fully saturated rings. The van der Waals surface area contributed by atoms with Crippen LogP contribution >= 0.6 is 24.0 Å². The number of carbonyl (C=O) groups excluding carboxylic acids is 1. The molecule has 126 valence electrons. The van der Waals surface area contributed by atoms with Gasteiger partial charge in [-0.2, -0.15) is 0 Å². The van der Waals surface area contributed by atoms with E-state index in [1.165, 1.54) is 48.6 Å². The molecule has 0 radical (unpaired) electrons.